The molecule has 3 aromatic rings. The van der Waals surface area contributed by atoms with E-state index in [1.165, 1.54) is 17.3 Å². The minimum atomic E-state index is -0.313. The second kappa shape index (κ2) is 11.4. The molecule has 0 aliphatic heterocycles. The van der Waals surface area contributed by atoms with Crippen molar-refractivity contribution in [2.45, 2.75) is 38.1 Å². The molecule has 0 saturated heterocycles. The van der Waals surface area contributed by atoms with Crippen LogP contribution in [0.5, 0.6) is 11.5 Å². The molecule has 1 N–H and O–H groups in total. The number of thioether (sulfide) groups is 1. The second-order valence-corrected chi connectivity index (χ2v) is 7.98. The maximum absolute atomic E-state index is 12.5. The number of carbonyl (C=O) groups excluding carboxylic acids is 1. The lowest BCUT2D eigenvalue weighted by molar-refractivity contribution is -0.113. The number of hydrogen-bond donors (Lipinski definition) is 1. The summed E-state index contributed by atoms with van der Waals surface area (Å²) in [5.41, 5.74) is 1.88. The van der Waals surface area contributed by atoms with E-state index in [1.54, 1.807) is 25.3 Å². The summed E-state index contributed by atoms with van der Waals surface area (Å²) in [4.78, 5) is 12.5. The second-order valence-electron chi connectivity index (χ2n) is 7.03. The number of carbonyl (C=O) groups is 1. The molecule has 0 aliphatic carbocycles. The summed E-state index contributed by atoms with van der Waals surface area (Å²) in [7, 11) is 1.57. The fourth-order valence-electron chi connectivity index (χ4n) is 3.13. The number of nitrogens with one attached hydrogen (secondary N) is 1. The van der Waals surface area contributed by atoms with Gasteiger partial charge < -0.3 is 14.8 Å². The molecule has 1 amide bonds. The topological polar surface area (TPSA) is 78.3 Å². The van der Waals surface area contributed by atoms with E-state index in [-0.39, 0.29) is 17.8 Å². The molecular formula is C24H28N4O3S. The van der Waals surface area contributed by atoms with Crippen molar-refractivity contribution in [1.82, 2.24) is 14.8 Å². The normalized spacial score (nSPS) is 11.6. The SMILES string of the molecule is C=CCn1c(SCC(=O)Nc2ccccc2OC)nnc1C(C)Oc1ccc(CC)cc1. The predicted molar refractivity (Wildman–Crippen MR) is 127 cm³/mol. The summed E-state index contributed by atoms with van der Waals surface area (Å²) in [6.07, 6.45) is 2.44. The van der Waals surface area contributed by atoms with Gasteiger partial charge >= 0.3 is 0 Å². The molecule has 1 heterocycles. The van der Waals surface area contributed by atoms with Crippen LogP contribution in [0.4, 0.5) is 5.69 Å². The van der Waals surface area contributed by atoms with E-state index in [9.17, 15) is 4.79 Å². The zero-order valence-corrected chi connectivity index (χ0v) is 19.4. The predicted octanol–water partition coefficient (Wildman–Crippen LogP) is 4.91. The number of rotatable bonds is 11. The molecule has 0 aliphatic rings. The molecule has 1 unspecified atom stereocenters. The number of anilines is 1. The number of benzene rings is 2. The number of hydrogen-bond acceptors (Lipinski definition) is 6. The van der Waals surface area contributed by atoms with Gasteiger partial charge in [-0.2, -0.15) is 0 Å². The van der Waals surface area contributed by atoms with Crippen molar-refractivity contribution in [1.29, 1.82) is 0 Å². The summed E-state index contributed by atoms with van der Waals surface area (Å²) < 4.78 is 13.3. The van der Waals surface area contributed by atoms with Crippen LogP contribution < -0.4 is 14.8 Å². The summed E-state index contributed by atoms with van der Waals surface area (Å²) in [6, 6.07) is 15.3. The van der Waals surface area contributed by atoms with Crippen molar-refractivity contribution in [3.05, 3.63) is 72.6 Å². The average Bonchev–Trinajstić information content (AvgIpc) is 3.21. The average molecular weight is 453 g/mol. The van der Waals surface area contributed by atoms with Gasteiger partial charge in [0, 0.05) is 6.54 Å². The molecule has 168 valence electrons. The van der Waals surface area contributed by atoms with E-state index in [0.717, 1.165) is 12.2 Å². The van der Waals surface area contributed by atoms with Crippen LogP contribution in [0.2, 0.25) is 0 Å². The quantitative estimate of drug-likeness (QED) is 0.329. The molecule has 8 heteroatoms. The van der Waals surface area contributed by atoms with E-state index in [2.05, 4.69) is 41.1 Å². The standard InChI is InChI=1S/C24H28N4O3S/c1-5-15-28-23(17(3)31-19-13-11-18(6-2)12-14-19)26-27-24(28)32-16-22(29)25-20-9-7-8-10-21(20)30-4/h5,7-14,17H,1,6,15-16H2,2-4H3,(H,25,29). The highest BCUT2D eigenvalue weighted by Crippen LogP contribution is 2.26. The first-order chi connectivity index (χ1) is 15.5. The minimum Gasteiger partial charge on any atom is -0.495 e. The molecule has 1 aromatic heterocycles. The molecule has 1 atom stereocenters. The molecule has 32 heavy (non-hydrogen) atoms. The first kappa shape index (κ1) is 23.4. The van der Waals surface area contributed by atoms with Crippen LogP contribution in [-0.2, 0) is 17.8 Å². The van der Waals surface area contributed by atoms with Crippen LogP contribution in [0, 0.1) is 0 Å². The van der Waals surface area contributed by atoms with Crippen molar-refractivity contribution in [3.8, 4) is 11.5 Å². The first-order valence-corrected chi connectivity index (χ1v) is 11.4. The van der Waals surface area contributed by atoms with Crippen LogP contribution >= 0.6 is 11.8 Å². The summed E-state index contributed by atoms with van der Waals surface area (Å²) in [5.74, 6) is 2.09. The lowest BCUT2D eigenvalue weighted by atomic mass is 10.2. The van der Waals surface area contributed by atoms with Crippen LogP contribution in [0.3, 0.4) is 0 Å². The largest absolute Gasteiger partial charge is 0.495 e. The fraction of sp³-hybridized carbons (Fsp3) is 0.292. The molecular weight excluding hydrogens is 424 g/mol. The van der Waals surface area contributed by atoms with Gasteiger partial charge in [0.1, 0.15) is 11.5 Å². The number of para-hydroxylation sites is 2. The molecule has 0 spiro atoms. The van der Waals surface area contributed by atoms with Crippen molar-refractivity contribution >= 4 is 23.4 Å². The summed E-state index contributed by atoms with van der Waals surface area (Å²) in [6.45, 7) is 8.39. The Morgan fingerprint density at radius 3 is 2.66 bits per heavy atom. The molecule has 0 bridgehead atoms. The van der Waals surface area contributed by atoms with Crippen molar-refractivity contribution in [2.24, 2.45) is 0 Å². The number of ether oxygens (including phenoxy) is 2. The van der Waals surface area contributed by atoms with Gasteiger partial charge in [0.25, 0.3) is 0 Å². The van der Waals surface area contributed by atoms with Crippen LogP contribution in [0.1, 0.15) is 31.3 Å². The molecule has 0 radical (unpaired) electrons. The third-order valence-corrected chi connectivity index (χ3v) is 5.75. The highest BCUT2D eigenvalue weighted by molar-refractivity contribution is 7.99. The molecule has 0 saturated carbocycles. The van der Waals surface area contributed by atoms with Crippen LogP contribution in [-0.4, -0.2) is 33.5 Å². The Morgan fingerprint density at radius 2 is 1.97 bits per heavy atom. The highest BCUT2D eigenvalue weighted by atomic mass is 32.2. The number of aromatic nitrogens is 3. The maximum Gasteiger partial charge on any atom is 0.234 e. The first-order valence-electron chi connectivity index (χ1n) is 10.4. The Labute approximate surface area is 192 Å². The van der Waals surface area contributed by atoms with E-state index < -0.39 is 0 Å². The molecule has 2 aromatic carbocycles. The van der Waals surface area contributed by atoms with Gasteiger partial charge in [-0.3, -0.25) is 9.36 Å². The van der Waals surface area contributed by atoms with Gasteiger partial charge in [0.2, 0.25) is 5.91 Å². The third-order valence-electron chi connectivity index (χ3n) is 4.78. The zero-order valence-electron chi connectivity index (χ0n) is 18.6. The summed E-state index contributed by atoms with van der Waals surface area (Å²) >= 11 is 1.31. The van der Waals surface area contributed by atoms with Crippen LogP contribution in [0.15, 0.2) is 66.3 Å². The van der Waals surface area contributed by atoms with Gasteiger partial charge in [-0.05, 0) is 43.2 Å². The minimum absolute atomic E-state index is 0.158. The van der Waals surface area contributed by atoms with Crippen molar-refractivity contribution < 1.29 is 14.3 Å². The lowest BCUT2D eigenvalue weighted by Crippen LogP contribution is -2.16. The zero-order chi connectivity index (χ0) is 22.9. The van der Waals surface area contributed by atoms with Crippen LogP contribution in [0.25, 0.3) is 0 Å². The van der Waals surface area contributed by atoms with E-state index in [4.69, 9.17) is 9.47 Å². The number of nitrogens with zero attached hydrogens (tertiary/aromatic N) is 3. The highest BCUT2D eigenvalue weighted by Gasteiger charge is 2.20. The van der Waals surface area contributed by atoms with E-state index in [1.807, 2.05) is 35.8 Å². The third kappa shape index (κ3) is 5.91. The number of methoxy groups -OCH3 is 1. The maximum atomic E-state index is 12.5. The van der Waals surface area contributed by atoms with E-state index in [0.29, 0.717) is 29.0 Å². The Balaban J connectivity index is 1.66. The lowest BCUT2D eigenvalue weighted by Gasteiger charge is -2.16. The van der Waals surface area contributed by atoms with Gasteiger partial charge in [-0.1, -0.05) is 49.0 Å². The molecule has 7 nitrogen and oxygen atoms in total. The van der Waals surface area contributed by atoms with Crippen molar-refractivity contribution in [3.63, 3.8) is 0 Å². The van der Waals surface area contributed by atoms with Gasteiger partial charge in [0.05, 0.1) is 18.6 Å². The van der Waals surface area contributed by atoms with E-state index >= 15 is 0 Å². The smallest absolute Gasteiger partial charge is 0.234 e. The Morgan fingerprint density at radius 1 is 1.22 bits per heavy atom. The Kier molecular flexibility index (Phi) is 8.33. The van der Waals surface area contributed by atoms with Crippen molar-refractivity contribution in [2.75, 3.05) is 18.2 Å². The Bertz CT molecular complexity index is 1050. The molecule has 0 fully saturated rings. The summed E-state index contributed by atoms with van der Waals surface area (Å²) in [5, 5.41) is 12.1. The molecule has 3 rings (SSSR count). The number of aryl methyl sites for hydroxylation is 1. The number of allylic oxidation sites excluding steroid dienone is 1. The monoisotopic (exact) mass is 452 g/mol. The Hall–Kier alpha value is -3.26. The van der Waals surface area contributed by atoms with Gasteiger partial charge in [-0.25, -0.2) is 0 Å². The number of amides is 1. The van der Waals surface area contributed by atoms with Gasteiger partial charge in [-0.15, -0.1) is 16.8 Å². The van der Waals surface area contributed by atoms with Gasteiger partial charge in [0.15, 0.2) is 17.1 Å². The fourth-order valence-corrected chi connectivity index (χ4v) is 3.89.